The molecule has 3 aromatic carbocycles. The number of carbonyl (C=O) groups excluding carboxylic acids is 1. The summed E-state index contributed by atoms with van der Waals surface area (Å²) in [5, 5.41) is 3.07. The van der Waals surface area contributed by atoms with E-state index in [0.29, 0.717) is 16.8 Å². The smallest absolute Gasteiger partial charge is 0.261 e. The number of aryl methyl sites for hydroxylation is 4. The van der Waals surface area contributed by atoms with E-state index in [1.807, 2.05) is 13.8 Å². The Morgan fingerprint density at radius 1 is 0.879 bits per heavy atom. The summed E-state index contributed by atoms with van der Waals surface area (Å²) in [4.78, 5) is 13.1. The summed E-state index contributed by atoms with van der Waals surface area (Å²) in [5.74, 6) is -0.184. The second-order valence-corrected chi connectivity index (χ2v) is 10.6. The average Bonchev–Trinajstić information content (AvgIpc) is 2.80. The van der Waals surface area contributed by atoms with Crippen LogP contribution in [0.5, 0.6) is 0 Å². The van der Waals surface area contributed by atoms with Crippen molar-refractivity contribution in [3.8, 4) is 0 Å². The highest BCUT2D eigenvalue weighted by molar-refractivity contribution is 7.92. The fourth-order valence-electron chi connectivity index (χ4n) is 4.23. The van der Waals surface area contributed by atoms with Crippen LogP contribution in [0, 0.1) is 13.8 Å². The van der Waals surface area contributed by atoms with E-state index in [2.05, 4.69) is 28.2 Å². The van der Waals surface area contributed by atoms with Gasteiger partial charge in [0.1, 0.15) is 0 Å². The highest BCUT2D eigenvalue weighted by Gasteiger charge is 2.18. The Kier molecular flexibility index (Phi) is 6.56. The average molecular weight is 463 g/mol. The molecule has 4 rings (SSSR count). The summed E-state index contributed by atoms with van der Waals surface area (Å²) < 4.78 is 28.0. The molecule has 0 radical (unpaired) electrons. The first-order valence-corrected chi connectivity index (χ1v) is 12.8. The van der Waals surface area contributed by atoms with Gasteiger partial charge in [0, 0.05) is 5.56 Å². The van der Waals surface area contributed by atoms with Crippen LogP contribution in [-0.4, -0.2) is 14.3 Å². The molecule has 33 heavy (non-hydrogen) atoms. The molecule has 1 atom stereocenters. The van der Waals surface area contributed by atoms with Crippen LogP contribution < -0.4 is 10.0 Å². The van der Waals surface area contributed by atoms with E-state index in [-0.39, 0.29) is 16.8 Å². The third kappa shape index (κ3) is 5.28. The van der Waals surface area contributed by atoms with Crippen LogP contribution in [0.25, 0.3) is 0 Å². The lowest BCUT2D eigenvalue weighted by Crippen LogP contribution is -2.27. The molecule has 1 aliphatic carbocycles. The van der Waals surface area contributed by atoms with Gasteiger partial charge < -0.3 is 5.32 Å². The number of anilines is 1. The van der Waals surface area contributed by atoms with Crippen molar-refractivity contribution < 1.29 is 13.2 Å². The molecule has 0 fully saturated rings. The first-order chi connectivity index (χ1) is 15.7. The summed E-state index contributed by atoms with van der Waals surface area (Å²) in [6, 6.07) is 18.1. The van der Waals surface area contributed by atoms with Crippen LogP contribution in [0.1, 0.15) is 64.0 Å². The van der Waals surface area contributed by atoms with Crippen LogP contribution >= 0.6 is 0 Å². The summed E-state index contributed by atoms with van der Waals surface area (Å²) in [7, 11) is -3.70. The van der Waals surface area contributed by atoms with Crippen molar-refractivity contribution in [2.24, 2.45) is 0 Å². The lowest BCUT2D eigenvalue weighted by molar-refractivity contribution is 0.0940. The lowest BCUT2D eigenvalue weighted by atomic mass is 9.89. The Bertz CT molecular complexity index is 1280. The minimum Gasteiger partial charge on any atom is -0.346 e. The predicted octanol–water partition coefficient (Wildman–Crippen LogP) is 5.47. The topological polar surface area (TPSA) is 75.3 Å². The molecule has 0 heterocycles. The first-order valence-electron chi connectivity index (χ1n) is 11.4. The third-order valence-corrected chi connectivity index (χ3v) is 7.67. The number of benzene rings is 3. The molecule has 0 aliphatic heterocycles. The molecule has 0 spiro atoms. The van der Waals surface area contributed by atoms with Crippen LogP contribution in [-0.2, 0) is 22.9 Å². The van der Waals surface area contributed by atoms with Gasteiger partial charge in [0.2, 0.25) is 0 Å². The quantitative estimate of drug-likeness (QED) is 0.510. The molecular formula is C27H30N2O3S. The van der Waals surface area contributed by atoms with Crippen LogP contribution in [0.3, 0.4) is 0 Å². The van der Waals surface area contributed by atoms with Gasteiger partial charge in [-0.3, -0.25) is 9.52 Å². The Balaban J connectivity index is 1.46. The third-order valence-electron chi connectivity index (χ3n) is 6.28. The van der Waals surface area contributed by atoms with Gasteiger partial charge in [-0.15, -0.1) is 0 Å². The van der Waals surface area contributed by atoms with Gasteiger partial charge in [0.25, 0.3) is 15.9 Å². The molecule has 0 aromatic heterocycles. The molecule has 0 saturated carbocycles. The van der Waals surface area contributed by atoms with Crippen molar-refractivity contribution in [1.82, 2.24) is 5.32 Å². The number of amides is 1. The van der Waals surface area contributed by atoms with Gasteiger partial charge >= 0.3 is 0 Å². The minimum absolute atomic E-state index is 0.121. The van der Waals surface area contributed by atoms with Crippen molar-refractivity contribution in [1.29, 1.82) is 0 Å². The molecule has 0 bridgehead atoms. The molecule has 0 unspecified atom stereocenters. The second-order valence-electron chi connectivity index (χ2n) is 8.88. The molecule has 3 aromatic rings. The number of fused-ring (bicyclic) bond motifs is 1. The number of hydrogen-bond donors (Lipinski definition) is 2. The fourth-order valence-corrected chi connectivity index (χ4v) is 5.36. The molecule has 6 heteroatoms. The zero-order valence-electron chi connectivity index (χ0n) is 19.3. The van der Waals surface area contributed by atoms with Gasteiger partial charge in [0.15, 0.2) is 0 Å². The number of hydrogen-bond acceptors (Lipinski definition) is 3. The van der Waals surface area contributed by atoms with E-state index in [1.165, 1.54) is 24.0 Å². The SMILES string of the molecule is Cc1ccc(S(=O)(=O)Nc2ccc(C(=O)N[C@@H](C)c3ccc4c(c3)CCCC4)cc2C)cc1. The van der Waals surface area contributed by atoms with Crippen molar-refractivity contribution in [2.75, 3.05) is 4.72 Å². The van der Waals surface area contributed by atoms with Crippen LogP contribution in [0.2, 0.25) is 0 Å². The van der Waals surface area contributed by atoms with E-state index in [1.54, 1.807) is 49.4 Å². The van der Waals surface area contributed by atoms with Gasteiger partial charge in [0.05, 0.1) is 16.6 Å². The van der Waals surface area contributed by atoms with Crippen LogP contribution in [0.4, 0.5) is 5.69 Å². The predicted molar refractivity (Wildman–Crippen MR) is 132 cm³/mol. The maximum absolute atomic E-state index is 12.9. The lowest BCUT2D eigenvalue weighted by Gasteiger charge is -2.20. The Morgan fingerprint density at radius 2 is 1.58 bits per heavy atom. The number of carbonyl (C=O) groups is 1. The van der Waals surface area contributed by atoms with Crippen molar-refractivity contribution in [3.05, 3.63) is 94.0 Å². The summed E-state index contributed by atoms with van der Waals surface area (Å²) >= 11 is 0. The van der Waals surface area contributed by atoms with E-state index in [9.17, 15) is 13.2 Å². The van der Waals surface area contributed by atoms with Crippen molar-refractivity contribution >= 4 is 21.6 Å². The van der Waals surface area contributed by atoms with E-state index in [0.717, 1.165) is 24.0 Å². The summed E-state index contributed by atoms with van der Waals surface area (Å²) in [6.45, 7) is 5.68. The standard InChI is InChI=1S/C27H30N2O3S/c1-18-8-13-25(14-9-18)33(31,32)29-26-15-12-24(16-19(26)2)27(30)28-20(3)22-11-10-21-6-4-5-7-23(21)17-22/h8-17,20,29H,4-7H2,1-3H3,(H,28,30)/t20-/m0/s1. The van der Waals surface area contributed by atoms with Gasteiger partial charge in [-0.1, -0.05) is 35.9 Å². The van der Waals surface area contributed by atoms with E-state index >= 15 is 0 Å². The van der Waals surface area contributed by atoms with Crippen molar-refractivity contribution in [2.45, 2.75) is 57.4 Å². The zero-order valence-corrected chi connectivity index (χ0v) is 20.1. The summed E-state index contributed by atoms with van der Waals surface area (Å²) in [5.41, 5.74) is 6.53. The second kappa shape index (κ2) is 9.40. The molecule has 5 nitrogen and oxygen atoms in total. The maximum Gasteiger partial charge on any atom is 0.261 e. The Labute approximate surface area is 196 Å². The largest absolute Gasteiger partial charge is 0.346 e. The molecule has 172 valence electrons. The molecule has 0 saturated heterocycles. The highest BCUT2D eigenvalue weighted by Crippen LogP contribution is 2.26. The minimum atomic E-state index is -3.70. The maximum atomic E-state index is 12.9. The normalized spacial score (nSPS) is 14.3. The van der Waals surface area contributed by atoms with E-state index < -0.39 is 10.0 Å². The number of sulfonamides is 1. The Morgan fingerprint density at radius 3 is 2.27 bits per heavy atom. The first kappa shape index (κ1) is 23.1. The van der Waals surface area contributed by atoms with Crippen molar-refractivity contribution in [3.63, 3.8) is 0 Å². The number of nitrogens with one attached hydrogen (secondary N) is 2. The van der Waals surface area contributed by atoms with Crippen LogP contribution in [0.15, 0.2) is 65.6 Å². The fraction of sp³-hybridized carbons (Fsp3) is 0.296. The van der Waals surface area contributed by atoms with Gasteiger partial charge in [-0.2, -0.15) is 0 Å². The summed E-state index contributed by atoms with van der Waals surface area (Å²) in [6.07, 6.45) is 4.70. The number of rotatable bonds is 6. The molecule has 1 aliphatic rings. The zero-order chi connectivity index (χ0) is 23.6. The van der Waals surface area contributed by atoms with Gasteiger partial charge in [-0.05, 0) is 99.0 Å². The monoisotopic (exact) mass is 462 g/mol. The van der Waals surface area contributed by atoms with E-state index in [4.69, 9.17) is 0 Å². The molecule has 2 N–H and O–H groups in total. The van der Waals surface area contributed by atoms with Gasteiger partial charge in [-0.25, -0.2) is 8.42 Å². The molecular weight excluding hydrogens is 432 g/mol. The highest BCUT2D eigenvalue weighted by atomic mass is 32.2. The Hall–Kier alpha value is -3.12. The molecule has 1 amide bonds.